The summed E-state index contributed by atoms with van der Waals surface area (Å²) in [5.74, 6) is 0.732. The van der Waals surface area contributed by atoms with E-state index in [1.165, 1.54) is 0 Å². The number of hydrogen-bond donors (Lipinski definition) is 2. The molecule has 0 spiro atoms. The van der Waals surface area contributed by atoms with Crippen LogP contribution in [-0.2, 0) is 9.59 Å². The topological polar surface area (TPSA) is 61.4 Å². The smallest absolute Gasteiger partial charge is 0.241 e. The maximum absolute atomic E-state index is 12.4. The van der Waals surface area contributed by atoms with E-state index < -0.39 is 0 Å². The van der Waals surface area contributed by atoms with Crippen LogP contribution in [0.2, 0.25) is 0 Å². The number of rotatable bonds is 5. The zero-order valence-electron chi connectivity index (χ0n) is 11.2. The van der Waals surface area contributed by atoms with Crippen LogP contribution in [-0.4, -0.2) is 48.4 Å². The first-order valence-corrected chi connectivity index (χ1v) is 6.88. The summed E-state index contributed by atoms with van der Waals surface area (Å²) in [6.45, 7) is 5.86. The molecule has 5 nitrogen and oxygen atoms in total. The summed E-state index contributed by atoms with van der Waals surface area (Å²) in [5.41, 5.74) is 0. The monoisotopic (exact) mass is 253 g/mol. The summed E-state index contributed by atoms with van der Waals surface area (Å²) in [6.07, 6.45) is 3.30. The van der Waals surface area contributed by atoms with E-state index in [2.05, 4.69) is 24.5 Å². The van der Waals surface area contributed by atoms with Crippen molar-refractivity contribution < 1.29 is 9.59 Å². The number of carbonyl (C=O) groups is 2. The Morgan fingerprint density at radius 2 is 2.17 bits per heavy atom. The third kappa shape index (κ3) is 3.45. The quantitative estimate of drug-likeness (QED) is 0.731. The van der Waals surface area contributed by atoms with Crippen LogP contribution in [0, 0.1) is 5.92 Å². The number of hydrogen-bond acceptors (Lipinski definition) is 3. The van der Waals surface area contributed by atoms with E-state index in [1.807, 2.05) is 4.90 Å². The molecule has 1 aliphatic heterocycles. The highest BCUT2D eigenvalue weighted by Crippen LogP contribution is 2.28. The zero-order chi connectivity index (χ0) is 13.1. The maximum atomic E-state index is 12.4. The predicted octanol–water partition coefficient (Wildman–Crippen LogP) is 0.112. The lowest BCUT2D eigenvalue weighted by atomic mass is 10.1. The van der Waals surface area contributed by atoms with Crippen LogP contribution < -0.4 is 10.6 Å². The molecule has 0 radical (unpaired) electrons. The molecule has 1 unspecified atom stereocenters. The molecule has 2 fully saturated rings. The van der Waals surface area contributed by atoms with Crippen LogP contribution in [0.1, 0.15) is 33.1 Å². The van der Waals surface area contributed by atoms with Gasteiger partial charge >= 0.3 is 0 Å². The van der Waals surface area contributed by atoms with Crippen LogP contribution >= 0.6 is 0 Å². The van der Waals surface area contributed by atoms with Gasteiger partial charge in [0.25, 0.3) is 0 Å². The first-order chi connectivity index (χ1) is 8.58. The molecule has 1 atom stereocenters. The molecule has 2 rings (SSSR count). The van der Waals surface area contributed by atoms with Gasteiger partial charge < -0.3 is 10.2 Å². The first kappa shape index (κ1) is 13.3. The van der Waals surface area contributed by atoms with Gasteiger partial charge in [0.1, 0.15) is 6.04 Å². The summed E-state index contributed by atoms with van der Waals surface area (Å²) in [6, 6.07) is 0.200. The van der Waals surface area contributed by atoms with Crippen molar-refractivity contribution in [2.45, 2.75) is 45.2 Å². The Hall–Kier alpha value is -1.10. The molecule has 1 aliphatic carbocycles. The van der Waals surface area contributed by atoms with Gasteiger partial charge in [-0.25, -0.2) is 0 Å². The van der Waals surface area contributed by atoms with E-state index >= 15 is 0 Å². The van der Waals surface area contributed by atoms with Crippen molar-refractivity contribution in [2.75, 3.05) is 19.6 Å². The predicted molar refractivity (Wildman–Crippen MR) is 69.0 cm³/mol. The lowest BCUT2D eigenvalue weighted by molar-refractivity contribution is -0.135. The maximum Gasteiger partial charge on any atom is 0.241 e. The van der Waals surface area contributed by atoms with Crippen LogP contribution in [0.3, 0.4) is 0 Å². The van der Waals surface area contributed by atoms with E-state index in [4.69, 9.17) is 0 Å². The standard InChI is InChI=1S/C13H23N3O2/c1-9(2)5-6-16(10-3-4-10)13(18)11-7-15-12(17)8-14-11/h9-11,14H,3-8H2,1-2H3,(H,15,17). The van der Waals surface area contributed by atoms with Crippen molar-refractivity contribution in [3.8, 4) is 0 Å². The Bertz CT molecular complexity index is 316. The van der Waals surface area contributed by atoms with E-state index in [-0.39, 0.29) is 24.4 Å². The molecule has 1 saturated carbocycles. The lowest BCUT2D eigenvalue weighted by Crippen LogP contribution is -2.59. The summed E-state index contributed by atoms with van der Waals surface area (Å²) in [4.78, 5) is 25.5. The van der Waals surface area contributed by atoms with Gasteiger partial charge in [-0.3, -0.25) is 14.9 Å². The summed E-state index contributed by atoms with van der Waals surface area (Å²) < 4.78 is 0. The summed E-state index contributed by atoms with van der Waals surface area (Å²) in [5, 5.41) is 5.76. The van der Waals surface area contributed by atoms with E-state index in [9.17, 15) is 9.59 Å². The van der Waals surface area contributed by atoms with E-state index in [1.54, 1.807) is 0 Å². The average Bonchev–Trinajstić information content (AvgIpc) is 3.14. The minimum Gasteiger partial charge on any atom is -0.353 e. The molecule has 102 valence electrons. The van der Waals surface area contributed by atoms with Gasteiger partial charge in [-0.1, -0.05) is 13.8 Å². The number of nitrogens with one attached hydrogen (secondary N) is 2. The Labute approximate surface area is 108 Å². The SMILES string of the molecule is CC(C)CCN(C(=O)C1CNC(=O)CN1)C1CC1. The average molecular weight is 253 g/mol. The van der Waals surface area contributed by atoms with Crippen molar-refractivity contribution >= 4 is 11.8 Å². The largest absolute Gasteiger partial charge is 0.353 e. The van der Waals surface area contributed by atoms with Crippen molar-refractivity contribution in [1.29, 1.82) is 0 Å². The zero-order valence-corrected chi connectivity index (χ0v) is 11.2. The second kappa shape index (κ2) is 5.69. The normalized spacial score (nSPS) is 23.9. The van der Waals surface area contributed by atoms with Crippen molar-refractivity contribution in [3.05, 3.63) is 0 Å². The van der Waals surface area contributed by atoms with Crippen LogP contribution in [0.25, 0.3) is 0 Å². The highest BCUT2D eigenvalue weighted by atomic mass is 16.2. The Morgan fingerprint density at radius 3 is 2.67 bits per heavy atom. The molecule has 0 aromatic rings. The van der Waals surface area contributed by atoms with Gasteiger partial charge in [-0.2, -0.15) is 0 Å². The summed E-state index contributed by atoms with van der Waals surface area (Å²) >= 11 is 0. The third-order valence-electron chi connectivity index (χ3n) is 3.53. The molecule has 0 aromatic carbocycles. The molecule has 1 saturated heterocycles. The van der Waals surface area contributed by atoms with Gasteiger partial charge in [0.05, 0.1) is 6.54 Å². The van der Waals surface area contributed by atoms with E-state index in [0.717, 1.165) is 25.8 Å². The van der Waals surface area contributed by atoms with Crippen LogP contribution in [0.4, 0.5) is 0 Å². The molecular formula is C13H23N3O2. The molecule has 0 bridgehead atoms. The number of amides is 2. The fraction of sp³-hybridized carbons (Fsp3) is 0.846. The first-order valence-electron chi connectivity index (χ1n) is 6.88. The molecule has 5 heteroatoms. The second-order valence-electron chi connectivity index (χ2n) is 5.68. The Kier molecular flexibility index (Phi) is 4.22. The van der Waals surface area contributed by atoms with Crippen molar-refractivity contribution in [1.82, 2.24) is 15.5 Å². The second-order valence-corrected chi connectivity index (χ2v) is 5.68. The van der Waals surface area contributed by atoms with Crippen molar-refractivity contribution in [2.24, 2.45) is 5.92 Å². The molecule has 2 N–H and O–H groups in total. The van der Waals surface area contributed by atoms with Gasteiger partial charge in [0.15, 0.2) is 0 Å². The highest BCUT2D eigenvalue weighted by Gasteiger charge is 2.36. The Balaban J connectivity index is 1.89. The lowest BCUT2D eigenvalue weighted by Gasteiger charge is -2.30. The van der Waals surface area contributed by atoms with Gasteiger partial charge in [0, 0.05) is 19.1 Å². The van der Waals surface area contributed by atoms with Crippen LogP contribution in [0.5, 0.6) is 0 Å². The molecular weight excluding hydrogens is 230 g/mol. The highest BCUT2D eigenvalue weighted by molar-refractivity contribution is 5.87. The Morgan fingerprint density at radius 1 is 1.44 bits per heavy atom. The fourth-order valence-corrected chi connectivity index (χ4v) is 2.20. The molecule has 2 aliphatic rings. The number of piperazine rings is 1. The molecule has 0 aromatic heterocycles. The minimum absolute atomic E-state index is 0.0285. The summed E-state index contributed by atoms with van der Waals surface area (Å²) in [7, 11) is 0. The molecule has 2 amide bonds. The van der Waals surface area contributed by atoms with Gasteiger partial charge in [-0.05, 0) is 25.2 Å². The van der Waals surface area contributed by atoms with Crippen molar-refractivity contribution in [3.63, 3.8) is 0 Å². The number of carbonyl (C=O) groups excluding carboxylic acids is 2. The van der Waals surface area contributed by atoms with Gasteiger partial charge in [-0.15, -0.1) is 0 Å². The number of nitrogens with zero attached hydrogens (tertiary/aromatic N) is 1. The fourth-order valence-electron chi connectivity index (χ4n) is 2.20. The van der Waals surface area contributed by atoms with Gasteiger partial charge in [0.2, 0.25) is 11.8 Å². The molecule has 18 heavy (non-hydrogen) atoms. The third-order valence-corrected chi connectivity index (χ3v) is 3.53. The minimum atomic E-state index is -0.240. The van der Waals surface area contributed by atoms with E-state index in [0.29, 0.717) is 18.5 Å². The molecule has 1 heterocycles. The van der Waals surface area contributed by atoms with Crippen LogP contribution in [0.15, 0.2) is 0 Å².